The summed E-state index contributed by atoms with van der Waals surface area (Å²) in [6.07, 6.45) is 5.03. The molecule has 0 aliphatic heterocycles. The van der Waals surface area contributed by atoms with Gasteiger partial charge in [-0.3, -0.25) is 9.36 Å². The zero-order chi connectivity index (χ0) is 15.3. The molecule has 0 bridgehead atoms. The van der Waals surface area contributed by atoms with Gasteiger partial charge in [0.25, 0.3) is 5.56 Å². The molecule has 1 saturated carbocycles. The molecule has 2 aliphatic carbocycles. The van der Waals surface area contributed by atoms with Gasteiger partial charge in [-0.05, 0) is 44.6 Å². The maximum absolute atomic E-state index is 13.0. The highest BCUT2D eigenvalue weighted by Gasteiger charge is 2.30. The molecule has 2 aromatic heterocycles. The topological polar surface area (TPSA) is 67.2 Å². The minimum atomic E-state index is -0.393. The zero-order valence-electron chi connectivity index (χ0n) is 12.8. The highest BCUT2D eigenvalue weighted by Crippen LogP contribution is 2.38. The second-order valence-electron chi connectivity index (χ2n) is 6.45. The number of aliphatic hydroxyl groups excluding tert-OH is 1. The number of thiophene rings is 1. The van der Waals surface area contributed by atoms with Crippen molar-refractivity contribution in [1.29, 1.82) is 0 Å². The number of rotatable bonds is 5. The lowest BCUT2D eigenvalue weighted by Gasteiger charge is -2.13. The van der Waals surface area contributed by atoms with E-state index >= 15 is 0 Å². The predicted molar refractivity (Wildman–Crippen MR) is 87.6 cm³/mol. The third kappa shape index (κ3) is 2.39. The van der Waals surface area contributed by atoms with Gasteiger partial charge in [0.05, 0.1) is 18.0 Å². The van der Waals surface area contributed by atoms with Gasteiger partial charge >= 0.3 is 0 Å². The van der Waals surface area contributed by atoms with Crippen LogP contribution in [0.3, 0.4) is 0 Å². The smallest absolute Gasteiger partial charge is 0.262 e. The van der Waals surface area contributed by atoms with Crippen molar-refractivity contribution >= 4 is 21.6 Å². The Labute approximate surface area is 133 Å². The molecule has 1 atom stereocenters. The first-order valence-corrected chi connectivity index (χ1v) is 8.91. The van der Waals surface area contributed by atoms with Crippen LogP contribution in [0.25, 0.3) is 10.2 Å². The molecule has 1 unspecified atom stereocenters. The summed E-state index contributed by atoms with van der Waals surface area (Å²) in [7, 11) is 0. The maximum atomic E-state index is 13.0. The molecule has 0 saturated heterocycles. The van der Waals surface area contributed by atoms with E-state index in [0.717, 1.165) is 48.1 Å². The number of aliphatic hydroxyl groups is 1. The first-order valence-electron chi connectivity index (χ1n) is 8.09. The Hall–Kier alpha value is -1.24. The highest BCUT2D eigenvalue weighted by molar-refractivity contribution is 7.18. The van der Waals surface area contributed by atoms with Gasteiger partial charge in [-0.25, -0.2) is 4.98 Å². The van der Waals surface area contributed by atoms with E-state index in [1.165, 1.54) is 10.4 Å². The van der Waals surface area contributed by atoms with Crippen LogP contribution in [0.5, 0.6) is 0 Å². The van der Waals surface area contributed by atoms with Crippen LogP contribution in [0.4, 0.5) is 0 Å². The van der Waals surface area contributed by atoms with Gasteiger partial charge in [0.1, 0.15) is 10.7 Å². The van der Waals surface area contributed by atoms with Crippen LogP contribution in [0, 0.1) is 0 Å². The molecular weight excluding hydrogens is 298 g/mol. The van der Waals surface area contributed by atoms with Crippen molar-refractivity contribution in [1.82, 2.24) is 14.9 Å². The van der Waals surface area contributed by atoms with Crippen LogP contribution in [0.15, 0.2) is 4.79 Å². The first kappa shape index (κ1) is 14.4. The van der Waals surface area contributed by atoms with Crippen LogP contribution < -0.4 is 10.9 Å². The van der Waals surface area contributed by atoms with Gasteiger partial charge in [-0.1, -0.05) is 0 Å². The average molecular weight is 319 g/mol. The summed E-state index contributed by atoms with van der Waals surface area (Å²) in [6.45, 7) is 2.80. The lowest BCUT2D eigenvalue weighted by Crippen LogP contribution is -2.30. The van der Waals surface area contributed by atoms with E-state index < -0.39 is 6.10 Å². The van der Waals surface area contributed by atoms with E-state index in [0.29, 0.717) is 19.1 Å². The van der Waals surface area contributed by atoms with Crippen LogP contribution >= 0.6 is 11.3 Å². The molecule has 22 heavy (non-hydrogen) atoms. The molecule has 0 radical (unpaired) electrons. The van der Waals surface area contributed by atoms with Crippen molar-refractivity contribution < 1.29 is 5.11 Å². The maximum Gasteiger partial charge on any atom is 0.262 e. The van der Waals surface area contributed by atoms with Crippen molar-refractivity contribution in [2.24, 2.45) is 0 Å². The SMILES string of the molecule is CC(O)CNCc1nc2sc3c(c2c(=O)n1C1CC1)CCC3. The number of hydrogen-bond acceptors (Lipinski definition) is 5. The largest absolute Gasteiger partial charge is 0.392 e. The molecule has 4 rings (SSSR count). The van der Waals surface area contributed by atoms with Gasteiger partial charge in [0.15, 0.2) is 0 Å². The average Bonchev–Trinajstić information content (AvgIpc) is 3.07. The molecule has 5 nitrogen and oxygen atoms in total. The van der Waals surface area contributed by atoms with Crippen LogP contribution in [0.1, 0.15) is 48.5 Å². The second kappa shape index (κ2) is 5.44. The summed E-state index contributed by atoms with van der Waals surface area (Å²) in [5.41, 5.74) is 1.41. The summed E-state index contributed by atoms with van der Waals surface area (Å²) in [5, 5.41) is 13.5. The van der Waals surface area contributed by atoms with E-state index in [4.69, 9.17) is 4.98 Å². The lowest BCUT2D eigenvalue weighted by molar-refractivity contribution is 0.190. The van der Waals surface area contributed by atoms with Crippen molar-refractivity contribution in [2.75, 3.05) is 6.54 Å². The number of nitrogens with one attached hydrogen (secondary N) is 1. The number of nitrogens with zero attached hydrogens (tertiary/aromatic N) is 2. The van der Waals surface area contributed by atoms with E-state index in [1.54, 1.807) is 18.3 Å². The first-order chi connectivity index (χ1) is 10.6. The molecule has 0 aromatic carbocycles. The van der Waals surface area contributed by atoms with Crippen LogP contribution in [-0.4, -0.2) is 27.3 Å². The number of aryl methyl sites for hydroxylation is 2. The van der Waals surface area contributed by atoms with E-state index in [9.17, 15) is 9.90 Å². The zero-order valence-corrected chi connectivity index (χ0v) is 13.6. The van der Waals surface area contributed by atoms with Crippen molar-refractivity contribution in [3.63, 3.8) is 0 Å². The van der Waals surface area contributed by atoms with Gasteiger partial charge in [-0.15, -0.1) is 11.3 Å². The number of aromatic nitrogens is 2. The molecule has 2 aromatic rings. The fraction of sp³-hybridized carbons (Fsp3) is 0.625. The van der Waals surface area contributed by atoms with E-state index in [2.05, 4.69) is 5.32 Å². The molecule has 0 spiro atoms. The second-order valence-corrected chi connectivity index (χ2v) is 7.54. The van der Waals surface area contributed by atoms with Crippen molar-refractivity contribution in [2.45, 2.75) is 57.7 Å². The predicted octanol–water partition coefficient (Wildman–Crippen LogP) is 1.75. The Morgan fingerprint density at radius 1 is 1.45 bits per heavy atom. The Bertz CT molecular complexity index is 774. The van der Waals surface area contributed by atoms with Gasteiger partial charge < -0.3 is 10.4 Å². The molecule has 2 N–H and O–H groups in total. The standard InChI is InChI=1S/C16H21N3O2S/c1-9(20)7-17-8-13-18-15-14(11-3-2-4-12(11)22-15)16(21)19(13)10-5-6-10/h9-10,17,20H,2-8H2,1H3. The Morgan fingerprint density at radius 3 is 3.00 bits per heavy atom. The Balaban J connectivity index is 1.79. The lowest BCUT2D eigenvalue weighted by atomic mass is 10.2. The summed E-state index contributed by atoms with van der Waals surface area (Å²) >= 11 is 1.69. The minimum Gasteiger partial charge on any atom is -0.392 e. The fourth-order valence-corrected chi connectivity index (χ4v) is 4.60. The normalized spacial score (nSPS) is 18.8. The van der Waals surface area contributed by atoms with Crippen LogP contribution in [-0.2, 0) is 19.4 Å². The molecule has 6 heteroatoms. The monoisotopic (exact) mass is 319 g/mol. The molecule has 2 heterocycles. The van der Waals surface area contributed by atoms with Gasteiger partial charge in [-0.2, -0.15) is 0 Å². The van der Waals surface area contributed by atoms with E-state index in [1.807, 2.05) is 4.57 Å². The third-order valence-electron chi connectivity index (χ3n) is 4.48. The quantitative estimate of drug-likeness (QED) is 0.881. The molecule has 2 aliphatic rings. The number of hydrogen-bond donors (Lipinski definition) is 2. The molecule has 118 valence electrons. The van der Waals surface area contributed by atoms with Crippen molar-refractivity contribution in [3.05, 3.63) is 26.6 Å². The van der Waals surface area contributed by atoms with Crippen molar-refractivity contribution in [3.8, 4) is 0 Å². The Morgan fingerprint density at radius 2 is 2.27 bits per heavy atom. The highest BCUT2D eigenvalue weighted by atomic mass is 32.1. The molecule has 1 fully saturated rings. The summed E-state index contributed by atoms with van der Waals surface area (Å²) in [5.74, 6) is 0.820. The van der Waals surface area contributed by atoms with Gasteiger partial charge in [0.2, 0.25) is 0 Å². The summed E-state index contributed by atoms with van der Waals surface area (Å²) < 4.78 is 1.91. The molecular formula is C16H21N3O2S. The molecule has 0 amide bonds. The fourth-order valence-electron chi connectivity index (χ4n) is 3.32. The number of fused-ring (bicyclic) bond motifs is 3. The Kier molecular flexibility index (Phi) is 3.55. The summed E-state index contributed by atoms with van der Waals surface area (Å²) in [4.78, 5) is 20.1. The summed E-state index contributed by atoms with van der Waals surface area (Å²) in [6, 6.07) is 0.324. The minimum absolute atomic E-state index is 0.153. The van der Waals surface area contributed by atoms with Crippen LogP contribution in [0.2, 0.25) is 0 Å². The van der Waals surface area contributed by atoms with E-state index in [-0.39, 0.29) is 5.56 Å². The van der Waals surface area contributed by atoms with Gasteiger partial charge in [0, 0.05) is 17.5 Å². The third-order valence-corrected chi connectivity index (χ3v) is 5.66.